The van der Waals surface area contributed by atoms with Crippen LogP contribution in [0.4, 0.5) is 8.78 Å². The number of hydrogen-bond donors (Lipinski definition) is 3. The van der Waals surface area contributed by atoms with Crippen LogP contribution in [0.15, 0.2) is 41.1 Å². The van der Waals surface area contributed by atoms with Gasteiger partial charge in [0.1, 0.15) is 18.3 Å². The minimum Gasteiger partial charge on any atom is -0.364 e. The Labute approximate surface area is 248 Å². The maximum Gasteiger partial charge on any atom is 0.399 e. The number of fused-ring (bicyclic) bond motifs is 3. The summed E-state index contributed by atoms with van der Waals surface area (Å²) in [4.78, 5) is 62.7. The number of alkyl halides is 2. The van der Waals surface area contributed by atoms with E-state index in [9.17, 15) is 27.7 Å². The van der Waals surface area contributed by atoms with E-state index in [0.717, 1.165) is 48.4 Å². The molecule has 228 valence electrons. The molecule has 7 rings (SSSR count). The number of carbonyl (C=O) groups excluding carboxylic acids is 3. The van der Waals surface area contributed by atoms with E-state index >= 15 is 0 Å². The average Bonchev–Trinajstić information content (AvgIpc) is 3.34. The van der Waals surface area contributed by atoms with Crippen LogP contribution in [0.25, 0.3) is 10.1 Å². The highest BCUT2D eigenvalue weighted by Gasteiger charge is 2.53. The van der Waals surface area contributed by atoms with Crippen LogP contribution in [0, 0.1) is 11.8 Å². The van der Waals surface area contributed by atoms with Crippen molar-refractivity contribution >= 4 is 46.7 Å². The van der Waals surface area contributed by atoms with Gasteiger partial charge in [0.25, 0.3) is 5.91 Å². The second-order valence-electron chi connectivity index (χ2n) is 12.1. The fraction of sp³-hybridized carbons (Fsp3) is 0.500. The molecule has 1 aliphatic carbocycles. The van der Waals surface area contributed by atoms with Gasteiger partial charge in [-0.1, -0.05) is 11.2 Å². The highest BCUT2D eigenvalue weighted by molar-refractivity contribution is 7.52. The summed E-state index contributed by atoms with van der Waals surface area (Å²) in [5.74, 6) is -0.0729. The summed E-state index contributed by atoms with van der Waals surface area (Å²) in [5, 5.41) is 7.05. The topological polar surface area (TPSA) is 153 Å². The van der Waals surface area contributed by atoms with Crippen molar-refractivity contribution in [1.29, 1.82) is 0 Å². The Morgan fingerprint density at radius 2 is 1.86 bits per heavy atom. The molecule has 0 unspecified atom stereocenters. The molecule has 4 fully saturated rings. The van der Waals surface area contributed by atoms with Gasteiger partial charge in [0.05, 0.1) is 10.6 Å². The normalized spacial score (nSPS) is 27.7. The Bertz CT molecular complexity index is 1650. The van der Waals surface area contributed by atoms with Crippen LogP contribution >= 0.6 is 18.9 Å². The third-order valence-electron chi connectivity index (χ3n) is 9.35. The van der Waals surface area contributed by atoms with Crippen LogP contribution in [-0.2, 0) is 19.8 Å². The molecule has 3 saturated heterocycles. The van der Waals surface area contributed by atoms with Gasteiger partial charge in [-0.3, -0.25) is 18.9 Å². The Kier molecular flexibility index (Phi) is 6.77. The summed E-state index contributed by atoms with van der Waals surface area (Å²) < 4.78 is 45.2. The predicted molar refractivity (Wildman–Crippen MR) is 149 cm³/mol. The molecule has 2 aromatic heterocycles. The number of halogens is 2. The smallest absolute Gasteiger partial charge is 0.364 e. The van der Waals surface area contributed by atoms with Gasteiger partial charge < -0.3 is 29.4 Å². The first-order valence-corrected chi connectivity index (χ1v) is 16.6. The number of carbonyl (C=O) groups is 3. The molecule has 43 heavy (non-hydrogen) atoms. The van der Waals surface area contributed by atoms with E-state index in [1.165, 1.54) is 18.4 Å². The van der Waals surface area contributed by atoms with Crippen molar-refractivity contribution in [2.24, 2.45) is 11.8 Å². The second-order valence-corrected chi connectivity index (χ2v) is 14.8. The van der Waals surface area contributed by atoms with E-state index in [0.29, 0.717) is 42.5 Å². The Hall–Kier alpha value is -3.19. The Balaban J connectivity index is 1.08. The van der Waals surface area contributed by atoms with Gasteiger partial charge >= 0.3 is 13.3 Å². The van der Waals surface area contributed by atoms with E-state index in [1.54, 1.807) is 15.9 Å². The monoisotopic (exact) mass is 634 g/mol. The van der Waals surface area contributed by atoms with Gasteiger partial charge in [-0.05, 0) is 67.5 Å². The summed E-state index contributed by atoms with van der Waals surface area (Å²) in [6, 6.07) is 4.85. The molecule has 3 amide bonds. The molecular formula is C28H29F2N4O7PS. The minimum atomic E-state index is -5.75. The van der Waals surface area contributed by atoms with Crippen molar-refractivity contribution in [2.45, 2.75) is 61.8 Å². The average molecular weight is 635 g/mol. The first-order chi connectivity index (χ1) is 20.4. The van der Waals surface area contributed by atoms with Gasteiger partial charge in [-0.2, -0.15) is 8.78 Å². The first kappa shape index (κ1) is 28.6. The molecule has 1 saturated carbocycles. The standard InChI is InChI=1S/C28H29F2N4O7PS/c29-28(30,42(38,39)40)18-1-4-23-16(8-18)11-24(43-23)25(35)31-21-10-15-7-14(15)9-19-2-3-22(34(19)26(21)36)27(37)33-12-17(13-33)20-5-6-41-32-20/h1,4-6,8,11,14-15,17,19,21-22H,2-3,7,9-10,12-13H2,(H,31,35)(H2,38,39,40)/t14-,15+,19-,21+,22+/m1/s1. The largest absolute Gasteiger partial charge is 0.399 e. The van der Waals surface area contributed by atoms with Gasteiger partial charge in [0, 0.05) is 41.4 Å². The number of hydrogen-bond acceptors (Lipinski definition) is 7. The predicted octanol–water partition coefficient (Wildman–Crippen LogP) is 3.63. The van der Waals surface area contributed by atoms with Gasteiger partial charge in [0.2, 0.25) is 11.8 Å². The van der Waals surface area contributed by atoms with Crippen molar-refractivity contribution in [3.05, 3.63) is 52.7 Å². The third-order valence-corrected chi connectivity index (χ3v) is 11.5. The van der Waals surface area contributed by atoms with Crippen LogP contribution < -0.4 is 5.32 Å². The van der Waals surface area contributed by atoms with Gasteiger partial charge in [0.15, 0.2) is 0 Å². The van der Waals surface area contributed by atoms with Crippen molar-refractivity contribution in [3.63, 3.8) is 0 Å². The lowest BCUT2D eigenvalue weighted by Crippen LogP contribution is -2.59. The summed E-state index contributed by atoms with van der Waals surface area (Å²) in [5.41, 5.74) is -4.42. The van der Waals surface area contributed by atoms with E-state index < -0.39 is 36.8 Å². The molecule has 0 spiro atoms. The van der Waals surface area contributed by atoms with E-state index in [1.807, 2.05) is 0 Å². The number of thiophene rings is 1. The zero-order chi connectivity index (χ0) is 30.3. The Morgan fingerprint density at radius 3 is 2.58 bits per heavy atom. The van der Waals surface area contributed by atoms with Crippen molar-refractivity contribution in [2.75, 3.05) is 13.1 Å². The zero-order valence-electron chi connectivity index (χ0n) is 22.8. The third kappa shape index (κ3) is 4.98. The molecule has 4 aliphatic rings. The van der Waals surface area contributed by atoms with Crippen LogP contribution in [-0.4, -0.2) is 73.7 Å². The number of aromatic nitrogens is 1. The summed E-state index contributed by atoms with van der Waals surface area (Å²) in [7, 11) is -5.75. The number of amides is 3. The maximum atomic E-state index is 14.3. The fourth-order valence-corrected chi connectivity index (χ4v) is 8.28. The highest BCUT2D eigenvalue weighted by Crippen LogP contribution is 2.59. The lowest BCUT2D eigenvalue weighted by atomic mass is 9.95. The van der Waals surface area contributed by atoms with Gasteiger partial charge in [-0.15, -0.1) is 11.3 Å². The summed E-state index contributed by atoms with van der Waals surface area (Å²) >= 11 is 1.03. The van der Waals surface area contributed by atoms with Crippen molar-refractivity contribution in [3.8, 4) is 0 Å². The number of rotatable bonds is 6. The molecular weight excluding hydrogens is 605 g/mol. The molecule has 5 heterocycles. The molecule has 0 bridgehead atoms. The van der Waals surface area contributed by atoms with Gasteiger partial charge in [-0.25, -0.2) is 0 Å². The fourth-order valence-electron chi connectivity index (χ4n) is 6.86. The van der Waals surface area contributed by atoms with E-state index in [2.05, 4.69) is 10.5 Å². The molecule has 3 aliphatic heterocycles. The molecule has 5 atom stereocenters. The highest BCUT2D eigenvalue weighted by atomic mass is 32.1. The number of benzene rings is 1. The number of nitrogens with one attached hydrogen (secondary N) is 1. The SMILES string of the molecule is O=C(N[C@H]1C[C@@H]2C[C@@H]2C[C@H]2CC[C@@H](C(=O)N3CC(c4ccon4)C3)N2C1=O)c1cc2cc(C(F)(F)P(=O)(O)O)ccc2s1. The number of nitrogens with zero attached hydrogens (tertiary/aromatic N) is 3. The molecule has 3 aromatic rings. The van der Waals surface area contributed by atoms with Crippen LogP contribution in [0.3, 0.4) is 0 Å². The first-order valence-electron chi connectivity index (χ1n) is 14.2. The van der Waals surface area contributed by atoms with E-state index in [4.69, 9.17) is 14.3 Å². The van der Waals surface area contributed by atoms with Crippen LogP contribution in [0.5, 0.6) is 0 Å². The molecule has 15 heteroatoms. The number of likely N-dealkylation sites (tertiary alicyclic amines) is 1. The maximum absolute atomic E-state index is 14.3. The van der Waals surface area contributed by atoms with Crippen molar-refractivity contribution < 1.29 is 42.0 Å². The molecule has 1 aromatic carbocycles. The summed E-state index contributed by atoms with van der Waals surface area (Å²) in [6.07, 6.45) is 5.07. The molecule has 3 N–H and O–H groups in total. The Morgan fingerprint density at radius 1 is 1.09 bits per heavy atom. The van der Waals surface area contributed by atoms with Crippen molar-refractivity contribution in [1.82, 2.24) is 20.3 Å². The lowest BCUT2D eigenvalue weighted by molar-refractivity contribution is -0.149. The van der Waals surface area contributed by atoms with Crippen LogP contribution in [0.2, 0.25) is 0 Å². The minimum absolute atomic E-state index is 0.0674. The summed E-state index contributed by atoms with van der Waals surface area (Å²) in [6.45, 7) is 1.01. The second kappa shape index (κ2) is 10.2. The lowest BCUT2D eigenvalue weighted by Gasteiger charge is -2.42. The van der Waals surface area contributed by atoms with Crippen LogP contribution in [0.1, 0.15) is 59.0 Å². The molecule has 11 nitrogen and oxygen atoms in total. The quantitative estimate of drug-likeness (QED) is 0.348. The zero-order valence-corrected chi connectivity index (χ0v) is 24.5. The van der Waals surface area contributed by atoms with E-state index in [-0.39, 0.29) is 34.0 Å². The molecule has 0 radical (unpaired) electrons.